The van der Waals surface area contributed by atoms with Crippen LogP contribution in [0.4, 0.5) is 0 Å². The van der Waals surface area contributed by atoms with Crippen molar-refractivity contribution in [1.29, 1.82) is 0 Å². The highest BCUT2D eigenvalue weighted by atomic mass is 16.5. The number of carbonyl (C=O) groups excluding carboxylic acids is 1. The average Bonchev–Trinajstić information content (AvgIpc) is 2.33. The summed E-state index contributed by atoms with van der Waals surface area (Å²) >= 11 is 0. The zero-order valence-electron chi connectivity index (χ0n) is 12.4. The number of β-amino-alcohol motifs (C(OH)–C–C–N with tert-alkyl or cyclic N) is 1. The van der Waals surface area contributed by atoms with Crippen molar-refractivity contribution in [3.63, 3.8) is 0 Å². The number of hydrogen-bond donors (Lipinski definition) is 2. The Hall–Kier alpha value is -0.650. The molecule has 1 aliphatic carbocycles. The fourth-order valence-electron chi connectivity index (χ4n) is 3.11. The van der Waals surface area contributed by atoms with Crippen LogP contribution >= 0.6 is 0 Å². The van der Waals surface area contributed by atoms with E-state index < -0.39 is 11.1 Å². The van der Waals surface area contributed by atoms with Crippen molar-refractivity contribution in [1.82, 2.24) is 4.90 Å². The molecule has 0 aromatic heterocycles. The van der Waals surface area contributed by atoms with Gasteiger partial charge in [-0.05, 0) is 13.3 Å². The van der Waals surface area contributed by atoms with E-state index in [2.05, 4.69) is 0 Å². The summed E-state index contributed by atoms with van der Waals surface area (Å²) in [6.07, 6.45) is 1.27. The molecule has 1 saturated heterocycles. The predicted octanol–water partition coefficient (Wildman–Crippen LogP) is 0.502. The Kier molecular flexibility index (Phi) is 3.44. The van der Waals surface area contributed by atoms with Gasteiger partial charge < -0.3 is 20.5 Å². The quantitative estimate of drug-likeness (QED) is 0.780. The Balaban J connectivity index is 2.01. The summed E-state index contributed by atoms with van der Waals surface area (Å²) in [7, 11) is 0. The van der Waals surface area contributed by atoms with Gasteiger partial charge >= 0.3 is 0 Å². The molecule has 1 heterocycles. The van der Waals surface area contributed by atoms with Crippen LogP contribution in [0.2, 0.25) is 0 Å². The standard InChI is InChI=1S/C14H26N2O3/c1-5-13(18)8-16(9-13)11(17)14(15)7-10(19-6-2)12(14,3)4/h10,18H,5-9,15H2,1-4H3. The first-order valence-corrected chi connectivity index (χ1v) is 7.12. The maximum atomic E-state index is 12.5. The highest BCUT2D eigenvalue weighted by Gasteiger charge is 2.65. The van der Waals surface area contributed by atoms with Crippen molar-refractivity contribution in [2.45, 2.75) is 57.8 Å². The first-order valence-electron chi connectivity index (χ1n) is 7.12. The van der Waals surface area contributed by atoms with E-state index in [4.69, 9.17) is 10.5 Å². The summed E-state index contributed by atoms with van der Waals surface area (Å²) in [5, 5.41) is 10.0. The van der Waals surface area contributed by atoms with Crippen molar-refractivity contribution in [2.75, 3.05) is 19.7 Å². The number of ether oxygens (including phenoxy) is 1. The van der Waals surface area contributed by atoms with Crippen molar-refractivity contribution >= 4 is 5.91 Å². The Labute approximate surface area is 115 Å². The van der Waals surface area contributed by atoms with Gasteiger partial charge in [-0.3, -0.25) is 4.79 Å². The molecule has 5 heteroatoms. The SMILES string of the molecule is CCOC1CC(N)(C(=O)N2CC(O)(CC)C2)C1(C)C. The fourth-order valence-corrected chi connectivity index (χ4v) is 3.11. The molecule has 0 aromatic carbocycles. The Morgan fingerprint density at radius 3 is 2.42 bits per heavy atom. The molecule has 2 unspecified atom stereocenters. The van der Waals surface area contributed by atoms with Crippen LogP contribution in [-0.2, 0) is 9.53 Å². The van der Waals surface area contributed by atoms with Crippen LogP contribution in [0.15, 0.2) is 0 Å². The van der Waals surface area contributed by atoms with E-state index in [9.17, 15) is 9.90 Å². The monoisotopic (exact) mass is 270 g/mol. The number of hydrogen-bond acceptors (Lipinski definition) is 4. The van der Waals surface area contributed by atoms with Gasteiger partial charge in [-0.2, -0.15) is 0 Å². The molecule has 1 amide bonds. The topological polar surface area (TPSA) is 75.8 Å². The molecular weight excluding hydrogens is 244 g/mol. The molecular formula is C14H26N2O3. The van der Waals surface area contributed by atoms with Crippen LogP contribution in [0.5, 0.6) is 0 Å². The zero-order chi connectivity index (χ0) is 14.5. The van der Waals surface area contributed by atoms with E-state index in [1.807, 2.05) is 27.7 Å². The van der Waals surface area contributed by atoms with Crippen molar-refractivity contribution in [3.05, 3.63) is 0 Å². The van der Waals surface area contributed by atoms with Gasteiger partial charge in [0.05, 0.1) is 24.8 Å². The van der Waals surface area contributed by atoms with E-state index >= 15 is 0 Å². The minimum Gasteiger partial charge on any atom is -0.386 e. The number of nitrogens with two attached hydrogens (primary N) is 1. The molecule has 19 heavy (non-hydrogen) atoms. The third kappa shape index (κ3) is 1.99. The van der Waals surface area contributed by atoms with Gasteiger partial charge in [0.15, 0.2) is 0 Å². The molecule has 1 aliphatic heterocycles. The second kappa shape index (κ2) is 4.43. The number of amides is 1. The normalized spacial score (nSPS) is 35.5. The molecule has 0 radical (unpaired) electrons. The maximum absolute atomic E-state index is 12.5. The first kappa shape index (κ1) is 14.8. The Bertz CT molecular complexity index is 377. The summed E-state index contributed by atoms with van der Waals surface area (Å²) in [6, 6.07) is 0. The molecule has 2 atom stereocenters. The van der Waals surface area contributed by atoms with Crippen LogP contribution in [0, 0.1) is 5.41 Å². The zero-order valence-corrected chi connectivity index (χ0v) is 12.4. The molecule has 2 rings (SSSR count). The summed E-state index contributed by atoms with van der Waals surface area (Å²) in [5.74, 6) is -0.0495. The number of aliphatic hydroxyl groups is 1. The second-order valence-electron chi connectivity index (χ2n) is 6.58. The van der Waals surface area contributed by atoms with Gasteiger partial charge in [-0.15, -0.1) is 0 Å². The third-order valence-electron chi connectivity index (χ3n) is 5.13. The van der Waals surface area contributed by atoms with Gasteiger partial charge in [-0.1, -0.05) is 20.8 Å². The van der Waals surface area contributed by atoms with Crippen LogP contribution in [0.25, 0.3) is 0 Å². The smallest absolute Gasteiger partial charge is 0.243 e. The molecule has 5 nitrogen and oxygen atoms in total. The number of rotatable bonds is 4. The summed E-state index contributed by atoms with van der Waals surface area (Å²) in [6.45, 7) is 9.29. The van der Waals surface area contributed by atoms with Gasteiger partial charge in [-0.25, -0.2) is 0 Å². The lowest BCUT2D eigenvalue weighted by Gasteiger charge is -2.60. The Morgan fingerprint density at radius 2 is 2.00 bits per heavy atom. The largest absolute Gasteiger partial charge is 0.386 e. The summed E-state index contributed by atoms with van der Waals surface area (Å²) < 4.78 is 5.63. The minimum absolute atomic E-state index is 0.0396. The fraction of sp³-hybridized carbons (Fsp3) is 0.929. The molecule has 2 aliphatic rings. The lowest BCUT2D eigenvalue weighted by molar-refractivity contribution is -0.194. The number of nitrogens with zero attached hydrogens (tertiary/aromatic N) is 1. The van der Waals surface area contributed by atoms with E-state index in [-0.39, 0.29) is 17.4 Å². The molecule has 1 saturated carbocycles. The van der Waals surface area contributed by atoms with Crippen LogP contribution in [0.1, 0.15) is 40.5 Å². The summed E-state index contributed by atoms with van der Waals surface area (Å²) in [5.41, 5.74) is 4.40. The highest BCUT2D eigenvalue weighted by Crippen LogP contribution is 2.51. The van der Waals surface area contributed by atoms with E-state index in [0.29, 0.717) is 32.5 Å². The highest BCUT2D eigenvalue weighted by molar-refractivity contribution is 5.89. The van der Waals surface area contributed by atoms with Crippen LogP contribution in [0.3, 0.4) is 0 Å². The van der Waals surface area contributed by atoms with E-state index in [0.717, 1.165) is 0 Å². The van der Waals surface area contributed by atoms with Crippen molar-refractivity contribution < 1.29 is 14.6 Å². The molecule has 0 spiro atoms. The summed E-state index contributed by atoms with van der Waals surface area (Å²) in [4.78, 5) is 14.2. The van der Waals surface area contributed by atoms with Gasteiger partial charge in [0.25, 0.3) is 0 Å². The lowest BCUT2D eigenvalue weighted by atomic mass is 9.54. The molecule has 110 valence electrons. The predicted molar refractivity (Wildman–Crippen MR) is 72.6 cm³/mol. The van der Waals surface area contributed by atoms with Gasteiger partial charge in [0.1, 0.15) is 5.54 Å². The number of carbonyl (C=O) groups is 1. The lowest BCUT2D eigenvalue weighted by Crippen LogP contribution is -2.79. The molecule has 0 aromatic rings. The van der Waals surface area contributed by atoms with Gasteiger partial charge in [0.2, 0.25) is 5.91 Å². The van der Waals surface area contributed by atoms with Crippen LogP contribution < -0.4 is 5.73 Å². The van der Waals surface area contributed by atoms with Crippen LogP contribution in [-0.4, -0.2) is 52.9 Å². The average molecular weight is 270 g/mol. The number of likely N-dealkylation sites (tertiary alicyclic amines) is 1. The molecule has 2 fully saturated rings. The van der Waals surface area contributed by atoms with E-state index in [1.54, 1.807) is 4.90 Å². The molecule has 3 N–H and O–H groups in total. The van der Waals surface area contributed by atoms with Gasteiger partial charge in [0, 0.05) is 18.4 Å². The Morgan fingerprint density at radius 1 is 1.42 bits per heavy atom. The maximum Gasteiger partial charge on any atom is 0.243 e. The van der Waals surface area contributed by atoms with Crippen molar-refractivity contribution in [2.24, 2.45) is 11.1 Å². The van der Waals surface area contributed by atoms with E-state index in [1.165, 1.54) is 0 Å². The third-order valence-corrected chi connectivity index (χ3v) is 5.13. The van der Waals surface area contributed by atoms with Crippen molar-refractivity contribution in [3.8, 4) is 0 Å². The minimum atomic E-state index is -0.859. The second-order valence-corrected chi connectivity index (χ2v) is 6.58. The molecule has 0 bridgehead atoms. The first-order chi connectivity index (χ1) is 8.70.